The van der Waals surface area contributed by atoms with Gasteiger partial charge in [0, 0.05) is 51.1 Å². The molecule has 0 bridgehead atoms. The maximum atomic E-state index is 4.95. The van der Waals surface area contributed by atoms with E-state index < -0.39 is 0 Å². The molecule has 32 heavy (non-hydrogen) atoms. The Morgan fingerprint density at radius 1 is 0.875 bits per heavy atom. The second-order valence-corrected chi connectivity index (χ2v) is 9.00. The van der Waals surface area contributed by atoms with Gasteiger partial charge in [-0.15, -0.1) is 0 Å². The first-order valence-corrected chi connectivity index (χ1v) is 11.7. The number of aromatic amines is 1. The van der Waals surface area contributed by atoms with E-state index in [4.69, 9.17) is 9.97 Å². The zero-order valence-electron chi connectivity index (χ0n) is 18.3. The third kappa shape index (κ3) is 4.12. The van der Waals surface area contributed by atoms with E-state index in [-0.39, 0.29) is 0 Å². The third-order valence-corrected chi connectivity index (χ3v) is 6.55. The Morgan fingerprint density at radius 3 is 2.47 bits per heavy atom. The summed E-state index contributed by atoms with van der Waals surface area (Å²) in [7, 11) is 0. The Kier molecular flexibility index (Phi) is 5.11. The van der Waals surface area contributed by atoms with Crippen LogP contribution in [-0.2, 0) is 6.42 Å². The monoisotopic (exact) mass is 427 g/mol. The topological polar surface area (TPSA) is 73.0 Å². The number of nitrogens with zero attached hydrogens (tertiary/aromatic N) is 5. The van der Waals surface area contributed by atoms with Gasteiger partial charge >= 0.3 is 0 Å². The molecule has 1 aliphatic carbocycles. The molecule has 2 aliphatic rings. The van der Waals surface area contributed by atoms with Crippen LogP contribution in [0.4, 0.5) is 11.8 Å². The van der Waals surface area contributed by atoms with Crippen LogP contribution >= 0.6 is 0 Å². The molecule has 0 spiro atoms. The average Bonchev–Trinajstić information content (AvgIpc) is 3.54. The van der Waals surface area contributed by atoms with Crippen molar-refractivity contribution in [2.75, 3.05) is 49.5 Å². The van der Waals surface area contributed by atoms with Gasteiger partial charge in [-0.2, -0.15) is 4.98 Å². The van der Waals surface area contributed by atoms with Gasteiger partial charge in [0.05, 0.1) is 16.6 Å². The molecule has 7 nitrogen and oxygen atoms in total. The summed E-state index contributed by atoms with van der Waals surface area (Å²) < 4.78 is 0. The number of anilines is 2. The van der Waals surface area contributed by atoms with E-state index in [9.17, 15) is 0 Å². The lowest BCUT2D eigenvalue weighted by Gasteiger charge is -2.36. The fourth-order valence-electron chi connectivity index (χ4n) is 4.60. The zero-order chi connectivity index (χ0) is 21.3. The molecule has 2 aromatic heterocycles. The lowest BCUT2D eigenvalue weighted by Crippen LogP contribution is -2.47. The predicted octanol–water partition coefficient (Wildman–Crippen LogP) is 3.69. The van der Waals surface area contributed by atoms with Crippen molar-refractivity contribution in [2.24, 2.45) is 5.92 Å². The molecular formula is C25H29N7. The number of rotatable bonds is 7. The highest BCUT2D eigenvalue weighted by Crippen LogP contribution is 2.31. The molecule has 7 heteroatoms. The number of nitrogens with one attached hydrogen (secondary N) is 2. The van der Waals surface area contributed by atoms with Crippen LogP contribution in [0.25, 0.3) is 21.9 Å². The van der Waals surface area contributed by atoms with Gasteiger partial charge in [0.25, 0.3) is 0 Å². The van der Waals surface area contributed by atoms with Gasteiger partial charge in [0.1, 0.15) is 11.6 Å². The molecule has 4 aromatic rings. The Balaban J connectivity index is 1.17. The number of H-pyrrole nitrogens is 1. The van der Waals surface area contributed by atoms with Crippen molar-refractivity contribution < 1.29 is 0 Å². The van der Waals surface area contributed by atoms with Crippen LogP contribution in [0, 0.1) is 5.92 Å². The Labute approximate surface area is 187 Å². The molecule has 0 unspecified atom stereocenters. The summed E-state index contributed by atoms with van der Waals surface area (Å²) in [6.45, 7) is 6.27. The fraction of sp³-hybridized carbons (Fsp3) is 0.400. The van der Waals surface area contributed by atoms with Crippen molar-refractivity contribution in [1.82, 2.24) is 24.8 Å². The van der Waals surface area contributed by atoms with E-state index in [1.54, 1.807) is 0 Å². The predicted molar refractivity (Wildman–Crippen MR) is 129 cm³/mol. The number of piperazine rings is 1. The largest absolute Gasteiger partial charge is 0.354 e. The summed E-state index contributed by atoms with van der Waals surface area (Å²) in [6.07, 6.45) is 3.62. The molecule has 0 amide bonds. The van der Waals surface area contributed by atoms with Crippen molar-refractivity contribution in [2.45, 2.75) is 19.3 Å². The highest BCUT2D eigenvalue weighted by Gasteiger charge is 2.27. The molecule has 2 N–H and O–H groups in total. The number of hydrogen-bond donors (Lipinski definition) is 2. The number of imidazole rings is 1. The Morgan fingerprint density at radius 2 is 1.66 bits per heavy atom. The number of para-hydroxylation sites is 3. The minimum atomic E-state index is 0.690. The van der Waals surface area contributed by atoms with Crippen molar-refractivity contribution in [3.8, 4) is 0 Å². The highest BCUT2D eigenvalue weighted by atomic mass is 15.3. The quantitative estimate of drug-likeness (QED) is 0.469. The van der Waals surface area contributed by atoms with Crippen LogP contribution in [0.15, 0.2) is 48.5 Å². The molecule has 1 saturated heterocycles. The van der Waals surface area contributed by atoms with Gasteiger partial charge in [-0.3, -0.25) is 4.90 Å². The summed E-state index contributed by atoms with van der Waals surface area (Å²) in [6, 6.07) is 16.5. The number of aromatic nitrogens is 4. The van der Waals surface area contributed by atoms with Gasteiger partial charge in [-0.1, -0.05) is 24.3 Å². The lowest BCUT2D eigenvalue weighted by atomic mass is 10.2. The van der Waals surface area contributed by atoms with E-state index >= 15 is 0 Å². The van der Waals surface area contributed by atoms with E-state index in [1.165, 1.54) is 19.4 Å². The molecule has 0 radical (unpaired) electrons. The second kappa shape index (κ2) is 8.39. The van der Waals surface area contributed by atoms with Gasteiger partial charge in [-0.05, 0) is 43.0 Å². The lowest BCUT2D eigenvalue weighted by molar-refractivity contribution is 0.248. The minimum Gasteiger partial charge on any atom is -0.354 e. The molecule has 2 fully saturated rings. The van der Waals surface area contributed by atoms with E-state index in [0.29, 0.717) is 5.95 Å². The first-order chi connectivity index (χ1) is 15.8. The molecule has 3 heterocycles. The van der Waals surface area contributed by atoms with Crippen molar-refractivity contribution in [3.05, 3.63) is 54.4 Å². The zero-order valence-corrected chi connectivity index (χ0v) is 18.3. The van der Waals surface area contributed by atoms with Gasteiger partial charge in [0.2, 0.25) is 5.95 Å². The molecule has 164 valence electrons. The molecule has 0 atom stereocenters. The van der Waals surface area contributed by atoms with Crippen molar-refractivity contribution >= 4 is 33.7 Å². The SMILES string of the molecule is c1ccc2[nH]c(CCNc3nc(N4CCN(CC5CC5)CC4)c4ccccc4n3)nc2c1. The summed E-state index contributed by atoms with van der Waals surface area (Å²) >= 11 is 0. The van der Waals surface area contributed by atoms with Crippen LogP contribution in [0.5, 0.6) is 0 Å². The summed E-state index contributed by atoms with van der Waals surface area (Å²) in [4.78, 5) is 22.8. The highest BCUT2D eigenvalue weighted by molar-refractivity contribution is 5.90. The van der Waals surface area contributed by atoms with Crippen molar-refractivity contribution in [1.29, 1.82) is 0 Å². The van der Waals surface area contributed by atoms with Crippen LogP contribution in [0.3, 0.4) is 0 Å². The smallest absolute Gasteiger partial charge is 0.225 e. The van der Waals surface area contributed by atoms with Gasteiger partial charge < -0.3 is 15.2 Å². The van der Waals surface area contributed by atoms with Gasteiger partial charge in [0.15, 0.2) is 0 Å². The Bertz CT molecular complexity index is 1190. The van der Waals surface area contributed by atoms with Crippen molar-refractivity contribution in [3.63, 3.8) is 0 Å². The average molecular weight is 428 g/mol. The molecule has 6 rings (SSSR count). The number of benzene rings is 2. The van der Waals surface area contributed by atoms with Gasteiger partial charge in [-0.25, -0.2) is 9.97 Å². The summed E-state index contributed by atoms with van der Waals surface area (Å²) in [5.74, 6) is 3.67. The van der Waals surface area contributed by atoms with E-state index in [1.807, 2.05) is 24.3 Å². The van der Waals surface area contributed by atoms with Crippen LogP contribution in [0.1, 0.15) is 18.7 Å². The van der Waals surface area contributed by atoms with E-state index in [2.05, 4.69) is 49.4 Å². The summed E-state index contributed by atoms with van der Waals surface area (Å²) in [5.41, 5.74) is 3.07. The molecule has 1 saturated carbocycles. The second-order valence-electron chi connectivity index (χ2n) is 9.00. The normalized spacial score (nSPS) is 17.3. The molecule has 2 aromatic carbocycles. The molecule has 1 aliphatic heterocycles. The first kappa shape index (κ1) is 19.5. The standard InChI is InChI=1S/C25H29N7/c1-2-6-20-19(5-1)24(32-15-13-31(14-16-32)17-18-9-10-18)30-25(29-20)26-12-11-23-27-21-7-3-4-8-22(21)28-23/h1-8,18H,9-17H2,(H,27,28)(H,26,29,30). The maximum absolute atomic E-state index is 4.95. The maximum Gasteiger partial charge on any atom is 0.225 e. The van der Waals surface area contributed by atoms with Crippen LogP contribution in [0.2, 0.25) is 0 Å². The fourth-order valence-corrected chi connectivity index (χ4v) is 4.60. The third-order valence-electron chi connectivity index (χ3n) is 6.55. The number of hydrogen-bond acceptors (Lipinski definition) is 6. The molecular weight excluding hydrogens is 398 g/mol. The van der Waals surface area contributed by atoms with E-state index in [0.717, 1.165) is 78.6 Å². The number of fused-ring (bicyclic) bond motifs is 2. The first-order valence-electron chi connectivity index (χ1n) is 11.7. The minimum absolute atomic E-state index is 0.690. The van der Waals surface area contributed by atoms with Crippen LogP contribution < -0.4 is 10.2 Å². The van der Waals surface area contributed by atoms with Crippen LogP contribution in [-0.4, -0.2) is 64.1 Å². The summed E-state index contributed by atoms with van der Waals surface area (Å²) in [5, 5.41) is 4.56. The Hall–Kier alpha value is -3.19.